The Labute approximate surface area is 132 Å². The van der Waals surface area contributed by atoms with Crippen molar-refractivity contribution in [2.75, 3.05) is 7.11 Å². The molecular weight excluding hydrogens is 296 g/mol. The SMILES string of the molecule is COc1ccc(C(=O)OCc2nnnn2-c2ccccc2)cc1. The summed E-state index contributed by atoms with van der Waals surface area (Å²) < 4.78 is 11.8. The number of hydrogen-bond donors (Lipinski definition) is 0. The highest BCUT2D eigenvalue weighted by atomic mass is 16.5. The molecule has 1 aromatic heterocycles. The first kappa shape index (κ1) is 14.7. The van der Waals surface area contributed by atoms with E-state index in [1.54, 1.807) is 31.4 Å². The number of benzene rings is 2. The van der Waals surface area contributed by atoms with E-state index in [9.17, 15) is 4.79 Å². The van der Waals surface area contributed by atoms with Crippen LogP contribution in [0.3, 0.4) is 0 Å². The molecule has 3 aromatic rings. The molecular formula is C16H14N4O3. The van der Waals surface area contributed by atoms with E-state index in [0.29, 0.717) is 17.1 Å². The lowest BCUT2D eigenvalue weighted by Gasteiger charge is -2.06. The first-order valence-corrected chi connectivity index (χ1v) is 6.92. The summed E-state index contributed by atoms with van der Waals surface area (Å²) in [6.45, 7) is -0.0211. The van der Waals surface area contributed by atoms with E-state index in [4.69, 9.17) is 9.47 Å². The van der Waals surface area contributed by atoms with Crippen molar-refractivity contribution in [2.24, 2.45) is 0 Å². The molecule has 0 aliphatic heterocycles. The minimum Gasteiger partial charge on any atom is -0.497 e. The molecule has 2 aromatic carbocycles. The summed E-state index contributed by atoms with van der Waals surface area (Å²) in [6.07, 6.45) is 0. The maximum absolute atomic E-state index is 12.0. The lowest BCUT2D eigenvalue weighted by Crippen LogP contribution is -2.10. The number of carbonyl (C=O) groups is 1. The Balaban J connectivity index is 1.69. The van der Waals surface area contributed by atoms with E-state index in [2.05, 4.69) is 15.5 Å². The van der Waals surface area contributed by atoms with Gasteiger partial charge in [0.15, 0.2) is 12.4 Å². The van der Waals surface area contributed by atoms with Gasteiger partial charge in [-0.2, -0.15) is 4.68 Å². The molecule has 116 valence electrons. The van der Waals surface area contributed by atoms with E-state index >= 15 is 0 Å². The Morgan fingerprint density at radius 2 is 1.83 bits per heavy atom. The van der Waals surface area contributed by atoms with Gasteiger partial charge >= 0.3 is 5.97 Å². The highest BCUT2D eigenvalue weighted by Crippen LogP contribution is 2.13. The molecule has 1 heterocycles. The van der Waals surface area contributed by atoms with E-state index < -0.39 is 5.97 Å². The molecule has 0 bridgehead atoms. The van der Waals surface area contributed by atoms with Gasteiger partial charge in [0.2, 0.25) is 0 Å². The van der Waals surface area contributed by atoms with Crippen LogP contribution in [0.1, 0.15) is 16.2 Å². The van der Waals surface area contributed by atoms with Crippen LogP contribution in [0.2, 0.25) is 0 Å². The number of methoxy groups -OCH3 is 1. The topological polar surface area (TPSA) is 79.1 Å². The third kappa shape index (κ3) is 3.34. The first-order valence-electron chi connectivity index (χ1n) is 6.92. The van der Waals surface area contributed by atoms with Crippen LogP contribution < -0.4 is 4.74 Å². The van der Waals surface area contributed by atoms with E-state index in [-0.39, 0.29) is 6.61 Å². The van der Waals surface area contributed by atoms with Crippen molar-refractivity contribution < 1.29 is 14.3 Å². The van der Waals surface area contributed by atoms with Crippen molar-refractivity contribution in [3.63, 3.8) is 0 Å². The Kier molecular flexibility index (Phi) is 4.28. The average molecular weight is 310 g/mol. The number of para-hydroxylation sites is 1. The summed E-state index contributed by atoms with van der Waals surface area (Å²) in [5, 5.41) is 11.4. The van der Waals surface area contributed by atoms with Gasteiger partial charge in [-0.3, -0.25) is 0 Å². The predicted molar refractivity (Wildman–Crippen MR) is 81.3 cm³/mol. The van der Waals surface area contributed by atoms with Crippen molar-refractivity contribution in [1.29, 1.82) is 0 Å². The van der Waals surface area contributed by atoms with Crippen molar-refractivity contribution >= 4 is 5.97 Å². The predicted octanol–water partition coefficient (Wildman–Crippen LogP) is 2.03. The van der Waals surface area contributed by atoms with Gasteiger partial charge < -0.3 is 9.47 Å². The van der Waals surface area contributed by atoms with Crippen LogP contribution in [-0.4, -0.2) is 33.3 Å². The minimum atomic E-state index is -0.449. The normalized spacial score (nSPS) is 10.3. The molecule has 0 atom stereocenters. The van der Waals surface area contributed by atoms with Gasteiger partial charge in [-0.05, 0) is 46.8 Å². The van der Waals surface area contributed by atoms with E-state index in [1.165, 1.54) is 4.68 Å². The summed E-state index contributed by atoms with van der Waals surface area (Å²) in [7, 11) is 1.57. The summed E-state index contributed by atoms with van der Waals surface area (Å²) in [5.74, 6) is 0.669. The second kappa shape index (κ2) is 6.69. The molecule has 3 rings (SSSR count). The van der Waals surface area contributed by atoms with Crippen LogP contribution in [-0.2, 0) is 11.3 Å². The fourth-order valence-corrected chi connectivity index (χ4v) is 2.01. The highest BCUT2D eigenvalue weighted by molar-refractivity contribution is 5.89. The van der Waals surface area contributed by atoms with Crippen LogP contribution in [0.5, 0.6) is 5.75 Å². The van der Waals surface area contributed by atoms with Gasteiger partial charge in [0.25, 0.3) is 0 Å². The van der Waals surface area contributed by atoms with Crippen LogP contribution in [0, 0.1) is 0 Å². The second-order valence-electron chi connectivity index (χ2n) is 4.65. The standard InChI is InChI=1S/C16H14N4O3/c1-22-14-9-7-12(8-10-14)16(21)23-11-15-17-18-19-20(15)13-5-3-2-4-6-13/h2-10H,11H2,1H3. The number of tetrazole rings is 1. The Bertz CT molecular complexity index is 785. The third-order valence-electron chi connectivity index (χ3n) is 3.19. The largest absolute Gasteiger partial charge is 0.497 e. The maximum Gasteiger partial charge on any atom is 0.338 e. The molecule has 7 heteroatoms. The lowest BCUT2D eigenvalue weighted by atomic mass is 10.2. The molecule has 23 heavy (non-hydrogen) atoms. The van der Waals surface area contributed by atoms with Gasteiger partial charge in [-0.25, -0.2) is 4.79 Å². The fraction of sp³-hybridized carbons (Fsp3) is 0.125. The number of carbonyl (C=O) groups excluding carboxylic acids is 1. The highest BCUT2D eigenvalue weighted by Gasteiger charge is 2.12. The summed E-state index contributed by atoms with van der Waals surface area (Å²) in [4.78, 5) is 12.0. The number of ether oxygens (including phenoxy) is 2. The molecule has 0 radical (unpaired) electrons. The van der Waals surface area contributed by atoms with Crippen LogP contribution in [0.25, 0.3) is 5.69 Å². The summed E-state index contributed by atoms with van der Waals surface area (Å²) >= 11 is 0. The zero-order valence-corrected chi connectivity index (χ0v) is 12.4. The third-order valence-corrected chi connectivity index (χ3v) is 3.19. The minimum absolute atomic E-state index is 0.0211. The molecule has 0 amide bonds. The molecule has 0 aliphatic rings. The quantitative estimate of drug-likeness (QED) is 0.671. The van der Waals surface area contributed by atoms with Gasteiger partial charge in [0, 0.05) is 0 Å². The Hall–Kier alpha value is -3.22. The van der Waals surface area contributed by atoms with Crippen molar-refractivity contribution in [1.82, 2.24) is 20.2 Å². The van der Waals surface area contributed by atoms with Crippen LogP contribution in [0.4, 0.5) is 0 Å². The van der Waals surface area contributed by atoms with Gasteiger partial charge in [0.1, 0.15) is 5.75 Å². The zero-order valence-electron chi connectivity index (χ0n) is 12.4. The molecule has 0 unspecified atom stereocenters. The maximum atomic E-state index is 12.0. The fourth-order valence-electron chi connectivity index (χ4n) is 2.01. The first-order chi connectivity index (χ1) is 11.3. The van der Waals surface area contributed by atoms with Gasteiger partial charge in [-0.1, -0.05) is 18.2 Å². The number of esters is 1. The Morgan fingerprint density at radius 3 is 2.52 bits per heavy atom. The van der Waals surface area contributed by atoms with Crippen molar-refractivity contribution in [2.45, 2.75) is 6.61 Å². The molecule has 7 nitrogen and oxygen atoms in total. The van der Waals surface area contributed by atoms with Crippen LogP contribution in [0.15, 0.2) is 54.6 Å². The summed E-state index contributed by atoms with van der Waals surface area (Å²) in [6, 6.07) is 16.1. The van der Waals surface area contributed by atoms with Gasteiger partial charge in [0.05, 0.1) is 18.4 Å². The number of aromatic nitrogens is 4. The molecule has 0 aliphatic carbocycles. The Morgan fingerprint density at radius 1 is 1.09 bits per heavy atom. The second-order valence-corrected chi connectivity index (χ2v) is 4.65. The van der Waals surface area contributed by atoms with Crippen molar-refractivity contribution in [3.8, 4) is 11.4 Å². The monoisotopic (exact) mass is 310 g/mol. The van der Waals surface area contributed by atoms with Crippen LogP contribution >= 0.6 is 0 Å². The molecule has 0 fully saturated rings. The lowest BCUT2D eigenvalue weighted by molar-refractivity contribution is 0.0459. The summed E-state index contributed by atoms with van der Waals surface area (Å²) in [5.41, 5.74) is 1.23. The van der Waals surface area contributed by atoms with E-state index in [0.717, 1.165) is 5.69 Å². The van der Waals surface area contributed by atoms with E-state index in [1.807, 2.05) is 30.3 Å². The number of rotatable bonds is 5. The molecule has 0 saturated heterocycles. The molecule has 0 N–H and O–H groups in total. The molecule has 0 saturated carbocycles. The zero-order chi connectivity index (χ0) is 16.1. The van der Waals surface area contributed by atoms with Crippen molar-refractivity contribution in [3.05, 3.63) is 66.0 Å². The number of hydrogen-bond acceptors (Lipinski definition) is 6. The molecule has 0 spiro atoms. The van der Waals surface area contributed by atoms with Gasteiger partial charge in [-0.15, -0.1) is 5.10 Å². The average Bonchev–Trinajstić information content (AvgIpc) is 3.09. The smallest absolute Gasteiger partial charge is 0.338 e. The number of nitrogens with zero attached hydrogens (tertiary/aromatic N) is 4.